The number of hydrogen-bond acceptors (Lipinski definition) is 8. The minimum absolute atomic E-state index is 0.0765. The average molecular weight is 423 g/mol. The van der Waals surface area contributed by atoms with Crippen molar-refractivity contribution in [2.24, 2.45) is 0 Å². The van der Waals surface area contributed by atoms with Gasteiger partial charge in [0.25, 0.3) is 0 Å². The van der Waals surface area contributed by atoms with Gasteiger partial charge in [0.1, 0.15) is 23.9 Å². The van der Waals surface area contributed by atoms with Crippen LogP contribution in [0.5, 0.6) is 5.88 Å². The number of ether oxygens (including phenoxy) is 2. The highest BCUT2D eigenvalue weighted by molar-refractivity contribution is 5.95. The number of nitrogens with zero attached hydrogens (tertiary/aromatic N) is 3. The van der Waals surface area contributed by atoms with Gasteiger partial charge in [-0.25, -0.2) is 19.3 Å². The number of rotatable bonds is 9. The quantitative estimate of drug-likeness (QED) is 0.505. The molecule has 31 heavy (non-hydrogen) atoms. The molecule has 0 saturated carbocycles. The van der Waals surface area contributed by atoms with Gasteiger partial charge in [-0.15, -0.1) is 0 Å². The largest absolute Gasteiger partial charge is 0.474 e. The number of anilines is 2. The predicted octanol–water partition coefficient (Wildman–Crippen LogP) is 2.80. The number of hydrogen-bond donors (Lipinski definition) is 2. The van der Waals surface area contributed by atoms with E-state index in [1.54, 1.807) is 30.5 Å². The Morgan fingerprint density at radius 3 is 2.84 bits per heavy atom. The van der Waals surface area contributed by atoms with Crippen LogP contribution < -0.4 is 15.8 Å². The number of carbonyl (C=O) groups excluding carboxylic acids is 1. The zero-order valence-corrected chi connectivity index (χ0v) is 16.8. The van der Waals surface area contributed by atoms with Crippen molar-refractivity contribution < 1.29 is 18.7 Å². The molecule has 1 atom stereocenters. The maximum absolute atomic E-state index is 14.2. The van der Waals surface area contributed by atoms with E-state index < -0.39 is 0 Å². The van der Waals surface area contributed by atoms with E-state index in [1.807, 2.05) is 0 Å². The summed E-state index contributed by atoms with van der Waals surface area (Å²) in [6.07, 6.45) is 5.53. The first-order valence-electron chi connectivity index (χ1n) is 9.90. The molecule has 160 valence electrons. The highest BCUT2D eigenvalue weighted by Crippen LogP contribution is 2.18. The number of carbonyl (C=O) groups is 1. The minimum atomic E-state index is -0.372. The Balaban J connectivity index is 1.36. The van der Waals surface area contributed by atoms with Crippen LogP contribution in [0, 0.1) is 5.82 Å². The summed E-state index contributed by atoms with van der Waals surface area (Å²) in [5, 5.41) is 3.06. The fraction of sp³-hybridized carbons (Fsp3) is 0.273. The third-order valence-electron chi connectivity index (χ3n) is 4.91. The Morgan fingerprint density at radius 1 is 1.26 bits per heavy atom. The van der Waals surface area contributed by atoms with Crippen LogP contribution in [0.15, 0.2) is 48.9 Å². The first-order valence-corrected chi connectivity index (χ1v) is 9.90. The highest BCUT2D eigenvalue weighted by atomic mass is 19.1. The summed E-state index contributed by atoms with van der Waals surface area (Å²) in [5.41, 5.74) is 7.73. The molecule has 1 aliphatic rings. The second-order valence-corrected chi connectivity index (χ2v) is 7.15. The van der Waals surface area contributed by atoms with Crippen molar-refractivity contribution in [3.63, 3.8) is 0 Å². The number of ketones is 1. The van der Waals surface area contributed by atoms with E-state index in [-0.39, 0.29) is 36.4 Å². The Bertz CT molecular complexity index is 1060. The topological polar surface area (TPSA) is 112 Å². The van der Waals surface area contributed by atoms with E-state index in [1.165, 1.54) is 18.5 Å². The first-order chi connectivity index (χ1) is 15.1. The Kier molecular flexibility index (Phi) is 6.32. The van der Waals surface area contributed by atoms with Crippen LogP contribution in [0.25, 0.3) is 0 Å². The number of aromatic nitrogens is 3. The van der Waals surface area contributed by atoms with Crippen molar-refractivity contribution in [2.75, 3.05) is 24.3 Å². The Hall–Kier alpha value is -3.59. The highest BCUT2D eigenvalue weighted by Gasteiger charge is 2.19. The molecule has 1 fully saturated rings. The van der Waals surface area contributed by atoms with Crippen molar-refractivity contribution in [2.45, 2.75) is 25.5 Å². The van der Waals surface area contributed by atoms with Gasteiger partial charge >= 0.3 is 0 Å². The van der Waals surface area contributed by atoms with Gasteiger partial charge in [-0.3, -0.25) is 4.79 Å². The molecule has 3 aromatic rings. The molecule has 0 bridgehead atoms. The smallest absolute Gasteiger partial charge is 0.232 e. The monoisotopic (exact) mass is 423 g/mol. The lowest BCUT2D eigenvalue weighted by molar-refractivity contribution is -0.0727. The molecule has 2 aromatic heterocycles. The SMILES string of the molecule is Nc1ncccc1NCc1cc(CC(=O)c2cnc(OCC3CCO3)cn2)ccc1F. The normalized spacial score (nSPS) is 15.2. The zero-order valence-electron chi connectivity index (χ0n) is 16.8. The van der Waals surface area contributed by atoms with Crippen LogP contribution in [0.4, 0.5) is 15.9 Å². The Morgan fingerprint density at radius 2 is 2.13 bits per heavy atom. The van der Waals surface area contributed by atoms with Crippen molar-refractivity contribution in [1.29, 1.82) is 0 Å². The molecule has 3 N–H and O–H groups in total. The predicted molar refractivity (Wildman–Crippen MR) is 112 cm³/mol. The van der Waals surface area contributed by atoms with Crippen LogP contribution in [0.1, 0.15) is 28.0 Å². The molecule has 0 spiro atoms. The summed E-state index contributed by atoms with van der Waals surface area (Å²) in [5.74, 6) is 0.0867. The summed E-state index contributed by atoms with van der Waals surface area (Å²) in [7, 11) is 0. The molecule has 0 amide bonds. The number of Topliss-reactive ketones (excluding diaryl/α,β-unsaturated/α-hetero) is 1. The number of nitrogens with one attached hydrogen (secondary N) is 1. The lowest BCUT2D eigenvalue weighted by atomic mass is 10.0. The molecule has 1 saturated heterocycles. The molecular weight excluding hydrogens is 401 g/mol. The molecule has 3 heterocycles. The number of nitrogens with two attached hydrogens (primary N) is 1. The van der Waals surface area contributed by atoms with Gasteiger partial charge in [-0.2, -0.15) is 0 Å². The van der Waals surface area contributed by atoms with E-state index in [0.29, 0.717) is 35.1 Å². The fourth-order valence-electron chi connectivity index (χ4n) is 3.04. The van der Waals surface area contributed by atoms with Crippen molar-refractivity contribution in [1.82, 2.24) is 15.0 Å². The van der Waals surface area contributed by atoms with E-state index in [2.05, 4.69) is 20.3 Å². The molecular formula is C22H22FN5O3. The number of benzene rings is 1. The van der Waals surface area contributed by atoms with Crippen LogP contribution >= 0.6 is 0 Å². The number of nitrogen functional groups attached to an aromatic ring is 1. The molecule has 0 radical (unpaired) electrons. The third-order valence-corrected chi connectivity index (χ3v) is 4.91. The molecule has 4 rings (SSSR count). The summed E-state index contributed by atoms with van der Waals surface area (Å²) < 4.78 is 25.0. The van der Waals surface area contributed by atoms with Crippen LogP contribution in [0.2, 0.25) is 0 Å². The summed E-state index contributed by atoms with van der Waals surface area (Å²) in [6.45, 7) is 1.38. The maximum atomic E-state index is 14.2. The number of halogens is 1. The van der Waals surface area contributed by atoms with Crippen molar-refractivity contribution in [3.8, 4) is 5.88 Å². The molecule has 9 heteroatoms. The van der Waals surface area contributed by atoms with Crippen LogP contribution in [0.3, 0.4) is 0 Å². The summed E-state index contributed by atoms with van der Waals surface area (Å²) >= 11 is 0. The van der Waals surface area contributed by atoms with Gasteiger partial charge in [-0.05, 0) is 23.8 Å². The van der Waals surface area contributed by atoms with E-state index >= 15 is 0 Å². The molecule has 0 aliphatic carbocycles. The molecule has 8 nitrogen and oxygen atoms in total. The maximum Gasteiger partial charge on any atom is 0.232 e. The lowest BCUT2D eigenvalue weighted by Gasteiger charge is -2.25. The number of pyridine rings is 1. The average Bonchev–Trinajstić information content (AvgIpc) is 2.74. The van der Waals surface area contributed by atoms with Crippen molar-refractivity contribution in [3.05, 3.63) is 71.6 Å². The van der Waals surface area contributed by atoms with E-state index in [9.17, 15) is 9.18 Å². The fourth-order valence-corrected chi connectivity index (χ4v) is 3.04. The van der Waals surface area contributed by atoms with Gasteiger partial charge in [0.2, 0.25) is 5.88 Å². The zero-order chi connectivity index (χ0) is 21.6. The van der Waals surface area contributed by atoms with Crippen LogP contribution in [-0.4, -0.2) is 40.1 Å². The van der Waals surface area contributed by atoms with Gasteiger partial charge in [-0.1, -0.05) is 12.1 Å². The summed E-state index contributed by atoms with van der Waals surface area (Å²) in [6, 6.07) is 8.08. The lowest BCUT2D eigenvalue weighted by Crippen LogP contribution is -2.32. The van der Waals surface area contributed by atoms with Gasteiger partial charge in [0.15, 0.2) is 5.78 Å². The van der Waals surface area contributed by atoms with Gasteiger partial charge in [0, 0.05) is 37.8 Å². The first kappa shape index (κ1) is 20.7. The molecule has 1 unspecified atom stereocenters. The summed E-state index contributed by atoms with van der Waals surface area (Å²) in [4.78, 5) is 24.8. The second-order valence-electron chi connectivity index (χ2n) is 7.15. The molecule has 1 aromatic carbocycles. The standard InChI is InChI=1S/C22H22FN5O3/c23-17-4-3-14(8-15(17)10-26-18-2-1-6-25-22(18)24)9-20(29)19-11-28-21(12-27-19)31-13-16-5-7-30-16/h1-4,6,8,11-12,16,26H,5,7,9-10,13H2,(H2,24,25). The Labute approximate surface area is 178 Å². The van der Waals surface area contributed by atoms with Crippen molar-refractivity contribution >= 4 is 17.3 Å². The van der Waals surface area contributed by atoms with Gasteiger partial charge < -0.3 is 20.5 Å². The van der Waals surface area contributed by atoms with E-state index in [4.69, 9.17) is 15.2 Å². The van der Waals surface area contributed by atoms with Crippen LogP contribution in [-0.2, 0) is 17.7 Å². The minimum Gasteiger partial charge on any atom is -0.474 e. The second kappa shape index (κ2) is 9.48. The molecule has 1 aliphatic heterocycles. The third kappa shape index (κ3) is 5.32. The van der Waals surface area contributed by atoms with Gasteiger partial charge in [0.05, 0.1) is 24.2 Å². The van der Waals surface area contributed by atoms with E-state index in [0.717, 1.165) is 13.0 Å².